The van der Waals surface area contributed by atoms with Crippen molar-refractivity contribution in [2.45, 2.75) is 0 Å². The van der Waals surface area contributed by atoms with E-state index in [1.165, 1.54) is 65.3 Å². The highest BCUT2D eigenvalue weighted by Crippen LogP contribution is 2.45. The Labute approximate surface area is 274 Å². The average Bonchev–Trinajstić information content (AvgIpc) is 3.15. The second-order valence-corrected chi connectivity index (χ2v) is 12.2. The Kier molecular flexibility index (Phi) is 6.54. The van der Waals surface area contributed by atoms with E-state index in [1.54, 1.807) is 0 Å². The summed E-state index contributed by atoms with van der Waals surface area (Å²) in [5.74, 6) is 0. The molecule has 9 aromatic carbocycles. The Bertz CT molecular complexity index is 2560. The van der Waals surface area contributed by atoms with Crippen LogP contribution in [0.25, 0.3) is 65.3 Å². The van der Waals surface area contributed by atoms with Crippen LogP contribution in [0.1, 0.15) is 0 Å². The van der Waals surface area contributed by atoms with Gasteiger partial charge in [-0.1, -0.05) is 158 Å². The molecule has 0 radical (unpaired) electrons. The quantitative estimate of drug-likeness (QED) is 0.178. The summed E-state index contributed by atoms with van der Waals surface area (Å²) in [6.45, 7) is 0. The van der Waals surface area contributed by atoms with Crippen LogP contribution in [0, 0.1) is 0 Å². The molecule has 0 N–H and O–H groups in total. The standard InChI is InChI=1S/C46H31N/c1-2-12-33(13-3-1)42-18-10-11-21-45(42)47(46-31-36-15-5-7-17-40(36)43-19-8-9-20-44(43)46)38-27-24-32(25-28-38)35-26-29-41-37(30-35)23-22-34-14-4-6-16-39(34)41/h1-31H. The number of benzene rings is 9. The third kappa shape index (κ3) is 4.72. The first kappa shape index (κ1) is 27.2. The molecule has 0 aromatic heterocycles. The normalized spacial score (nSPS) is 11.4. The summed E-state index contributed by atoms with van der Waals surface area (Å²) in [5, 5.41) is 10.1. The van der Waals surface area contributed by atoms with E-state index >= 15 is 0 Å². The summed E-state index contributed by atoms with van der Waals surface area (Å²) in [4.78, 5) is 2.44. The topological polar surface area (TPSA) is 3.24 Å². The van der Waals surface area contributed by atoms with Gasteiger partial charge in [-0.2, -0.15) is 0 Å². The molecule has 9 rings (SSSR count). The van der Waals surface area contributed by atoms with Crippen LogP contribution in [-0.4, -0.2) is 0 Å². The Morgan fingerprint density at radius 2 is 0.830 bits per heavy atom. The molecule has 0 aliphatic heterocycles. The fourth-order valence-corrected chi connectivity index (χ4v) is 7.15. The van der Waals surface area contributed by atoms with Crippen molar-refractivity contribution in [3.8, 4) is 22.3 Å². The zero-order valence-electron chi connectivity index (χ0n) is 25.8. The lowest BCUT2D eigenvalue weighted by Gasteiger charge is -2.29. The third-order valence-electron chi connectivity index (χ3n) is 9.42. The molecule has 0 unspecified atom stereocenters. The van der Waals surface area contributed by atoms with Crippen LogP contribution in [0.3, 0.4) is 0 Å². The van der Waals surface area contributed by atoms with Crippen LogP contribution in [0.5, 0.6) is 0 Å². The Hall–Kier alpha value is -6.18. The molecule has 0 saturated carbocycles. The van der Waals surface area contributed by atoms with E-state index in [4.69, 9.17) is 0 Å². The number of fused-ring (bicyclic) bond motifs is 6. The van der Waals surface area contributed by atoms with Crippen LogP contribution in [0.2, 0.25) is 0 Å². The molecule has 0 bridgehead atoms. The van der Waals surface area contributed by atoms with Crippen LogP contribution >= 0.6 is 0 Å². The lowest BCUT2D eigenvalue weighted by atomic mass is 9.96. The van der Waals surface area contributed by atoms with Crippen LogP contribution < -0.4 is 4.90 Å². The number of hydrogen-bond acceptors (Lipinski definition) is 1. The fraction of sp³-hybridized carbons (Fsp3) is 0. The molecule has 0 atom stereocenters. The molecular formula is C46H31N. The Morgan fingerprint density at radius 3 is 1.64 bits per heavy atom. The minimum absolute atomic E-state index is 1.12. The highest BCUT2D eigenvalue weighted by Gasteiger charge is 2.20. The number of para-hydroxylation sites is 1. The van der Waals surface area contributed by atoms with Gasteiger partial charge in [-0.05, 0) is 84.7 Å². The number of rotatable bonds is 5. The SMILES string of the molecule is c1ccc(-c2ccccc2N(c2ccc(-c3ccc4c(ccc5ccccc54)c3)cc2)c2cc3ccccc3c3ccccc23)cc1. The monoisotopic (exact) mass is 597 g/mol. The minimum Gasteiger partial charge on any atom is -0.309 e. The van der Waals surface area contributed by atoms with Gasteiger partial charge < -0.3 is 4.90 Å². The zero-order chi connectivity index (χ0) is 31.2. The predicted molar refractivity (Wildman–Crippen MR) is 202 cm³/mol. The summed E-state index contributed by atoms with van der Waals surface area (Å²) in [6.07, 6.45) is 0. The first-order valence-corrected chi connectivity index (χ1v) is 16.2. The van der Waals surface area contributed by atoms with Crippen molar-refractivity contribution in [2.75, 3.05) is 4.90 Å². The summed E-state index contributed by atoms with van der Waals surface area (Å²) in [5.41, 5.74) is 8.21. The number of hydrogen-bond donors (Lipinski definition) is 0. The van der Waals surface area contributed by atoms with Crippen LogP contribution in [0.4, 0.5) is 17.1 Å². The number of anilines is 3. The fourth-order valence-electron chi connectivity index (χ4n) is 7.15. The molecule has 9 aromatic rings. The van der Waals surface area contributed by atoms with E-state index < -0.39 is 0 Å². The Morgan fingerprint density at radius 1 is 0.277 bits per heavy atom. The second kappa shape index (κ2) is 11.3. The molecular weight excluding hydrogens is 567 g/mol. The van der Waals surface area contributed by atoms with E-state index in [-0.39, 0.29) is 0 Å². The van der Waals surface area contributed by atoms with Crippen LogP contribution in [0.15, 0.2) is 188 Å². The van der Waals surface area contributed by atoms with Crippen molar-refractivity contribution < 1.29 is 0 Å². The first-order valence-electron chi connectivity index (χ1n) is 16.2. The summed E-state index contributed by atoms with van der Waals surface area (Å²) in [6, 6.07) is 68.3. The second-order valence-electron chi connectivity index (χ2n) is 12.2. The molecule has 0 amide bonds. The van der Waals surface area contributed by atoms with Gasteiger partial charge in [0.2, 0.25) is 0 Å². The van der Waals surface area contributed by atoms with Gasteiger partial charge in [0.1, 0.15) is 0 Å². The predicted octanol–water partition coefficient (Wildman–Crippen LogP) is 13.1. The van der Waals surface area contributed by atoms with Gasteiger partial charge in [0.15, 0.2) is 0 Å². The number of nitrogens with zero attached hydrogens (tertiary/aromatic N) is 1. The van der Waals surface area contributed by atoms with Crippen LogP contribution in [-0.2, 0) is 0 Å². The average molecular weight is 598 g/mol. The molecule has 47 heavy (non-hydrogen) atoms. The summed E-state index contributed by atoms with van der Waals surface area (Å²) >= 11 is 0. The summed E-state index contributed by atoms with van der Waals surface area (Å²) in [7, 11) is 0. The van der Waals surface area contributed by atoms with Crippen molar-refractivity contribution in [2.24, 2.45) is 0 Å². The van der Waals surface area contributed by atoms with Gasteiger partial charge in [0.05, 0.1) is 11.4 Å². The third-order valence-corrected chi connectivity index (χ3v) is 9.42. The highest BCUT2D eigenvalue weighted by atomic mass is 15.1. The van der Waals surface area contributed by atoms with E-state index in [0.717, 1.165) is 17.1 Å². The van der Waals surface area contributed by atoms with Gasteiger partial charge in [-0.15, -0.1) is 0 Å². The molecule has 0 heterocycles. The molecule has 0 spiro atoms. The van der Waals surface area contributed by atoms with Gasteiger partial charge in [0, 0.05) is 16.6 Å². The molecule has 0 aliphatic carbocycles. The zero-order valence-corrected chi connectivity index (χ0v) is 25.8. The maximum atomic E-state index is 2.44. The molecule has 0 fully saturated rings. The van der Waals surface area contributed by atoms with Crippen molar-refractivity contribution in [3.63, 3.8) is 0 Å². The molecule has 1 nitrogen and oxygen atoms in total. The van der Waals surface area contributed by atoms with E-state index in [0.29, 0.717) is 0 Å². The Balaban J connectivity index is 1.23. The minimum atomic E-state index is 1.12. The molecule has 0 aliphatic rings. The van der Waals surface area contributed by atoms with Gasteiger partial charge >= 0.3 is 0 Å². The first-order chi connectivity index (χ1) is 23.3. The summed E-state index contributed by atoms with van der Waals surface area (Å²) < 4.78 is 0. The molecule has 1 heteroatoms. The van der Waals surface area contributed by atoms with Crippen molar-refractivity contribution in [3.05, 3.63) is 188 Å². The van der Waals surface area contributed by atoms with Gasteiger partial charge in [-0.3, -0.25) is 0 Å². The largest absolute Gasteiger partial charge is 0.309 e. The van der Waals surface area contributed by atoms with Crippen molar-refractivity contribution >= 4 is 60.2 Å². The van der Waals surface area contributed by atoms with Gasteiger partial charge in [-0.25, -0.2) is 0 Å². The highest BCUT2D eigenvalue weighted by molar-refractivity contribution is 6.15. The van der Waals surface area contributed by atoms with E-state index in [9.17, 15) is 0 Å². The van der Waals surface area contributed by atoms with Gasteiger partial charge in [0.25, 0.3) is 0 Å². The smallest absolute Gasteiger partial charge is 0.0546 e. The van der Waals surface area contributed by atoms with Crippen molar-refractivity contribution in [1.82, 2.24) is 0 Å². The maximum Gasteiger partial charge on any atom is 0.0546 e. The molecule has 220 valence electrons. The lowest BCUT2D eigenvalue weighted by Crippen LogP contribution is -2.12. The van der Waals surface area contributed by atoms with E-state index in [2.05, 4.69) is 193 Å². The lowest BCUT2D eigenvalue weighted by molar-refractivity contribution is 1.30. The van der Waals surface area contributed by atoms with Crippen molar-refractivity contribution in [1.29, 1.82) is 0 Å². The van der Waals surface area contributed by atoms with E-state index in [1.807, 2.05) is 0 Å². The molecule has 0 saturated heterocycles. The maximum absolute atomic E-state index is 2.44.